The maximum Gasteiger partial charge on any atom is 0.339 e. The number of halogens is 2. The summed E-state index contributed by atoms with van der Waals surface area (Å²) < 4.78 is 36.5. The molecule has 0 bridgehead atoms. The quantitative estimate of drug-likeness (QED) is 0.357. The molecule has 0 fully saturated rings. The molecule has 0 N–H and O–H groups in total. The van der Waals surface area contributed by atoms with E-state index in [1.807, 2.05) is 0 Å². The molecule has 0 aromatic heterocycles. The molecule has 29 heavy (non-hydrogen) atoms. The summed E-state index contributed by atoms with van der Waals surface area (Å²) in [5.74, 6) is 0.0905. The predicted molar refractivity (Wildman–Crippen MR) is 113 cm³/mol. The van der Waals surface area contributed by atoms with E-state index >= 15 is 0 Å². The van der Waals surface area contributed by atoms with Crippen LogP contribution in [0.4, 0.5) is 0 Å². The molecule has 0 aliphatic carbocycles. The Bertz CT molecular complexity index is 1250. The van der Waals surface area contributed by atoms with Crippen molar-refractivity contribution in [3.8, 4) is 11.5 Å². The minimum absolute atomic E-state index is 0.0136. The van der Waals surface area contributed by atoms with Gasteiger partial charge in [-0.3, -0.25) is 4.79 Å². The zero-order chi connectivity index (χ0) is 20.6. The summed E-state index contributed by atoms with van der Waals surface area (Å²) >= 11 is 9.22. The van der Waals surface area contributed by atoms with Gasteiger partial charge in [-0.25, -0.2) is 0 Å². The predicted octanol–water partition coefficient (Wildman–Crippen LogP) is 5.49. The van der Waals surface area contributed by atoms with E-state index in [4.69, 9.17) is 20.5 Å². The van der Waals surface area contributed by atoms with Crippen LogP contribution in [-0.2, 0) is 10.1 Å². The van der Waals surface area contributed by atoms with Gasteiger partial charge in [0.25, 0.3) is 0 Å². The first-order valence-electron chi connectivity index (χ1n) is 8.36. The van der Waals surface area contributed by atoms with Crippen LogP contribution in [0.1, 0.15) is 15.9 Å². The van der Waals surface area contributed by atoms with E-state index in [0.717, 1.165) is 4.47 Å². The van der Waals surface area contributed by atoms with E-state index in [9.17, 15) is 13.2 Å². The molecule has 8 heteroatoms. The second-order valence-electron chi connectivity index (χ2n) is 6.14. The molecule has 0 spiro atoms. The highest BCUT2D eigenvalue weighted by Crippen LogP contribution is 2.35. The molecule has 1 heterocycles. The fourth-order valence-corrected chi connectivity index (χ4v) is 4.13. The van der Waals surface area contributed by atoms with Gasteiger partial charge < -0.3 is 8.92 Å². The second-order valence-corrected chi connectivity index (χ2v) is 9.04. The number of Topliss-reactive ketones (excluding diaryl/α,β-unsaturated/α-hetero) is 1. The van der Waals surface area contributed by atoms with Crippen molar-refractivity contribution < 1.29 is 22.1 Å². The number of fused-ring (bicyclic) bond motifs is 1. The summed E-state index contributed by atoms with van der Waals surface area (Å²) in [6.45, 7) is 0. The van der Waals surface area contributed by atoms with Crippen LogP contribution in [0.2, 0.25) is 5.02 Å². The van der Waals surface area contributed by atoms with Crippen molar-refractivity contribution in [1.82, 2.24) is 0 Å². The summed E-state index contributed by atoms with van der Waals surface area (Å²) in [5.41, 5.74) is 1.04. The van der Waals surface area contributed by atoms with Gasteiger partial charge in [0.1, 0.15) is 16.4 Å². The molecule has 3 aromatic rings. The summed E-state index contributed by atoms with van der Waals surface area (Å²) in [5, 5.41) is 0.538. The van der Waals surface area contributed by atoms with Gasteiger partial charge in [-0.2, -0.15) is 8.42 Å². The van der Waals surface area contributed by atoms with Gasteiger partial charge in [0.2, 0.25) is 5.78 Å². The SMILES string of the molecule is O=C1/C(=C/c2cccc(Cl)c2)Oc2cc(OS(=O)(=O)c3ccc(Br)cc3)ccc21. The Morgan fingerprint density at radius 2 is 1.76 bits per heavy atom. The van der Waals surface area contributed by atoms with Crippen LogP contribution in [-0.4, -0.2) is 14.2 Å². The van der Waals surface area contributed by atoms with Crippen molar-refractivity contribution in [1.29, 1.82) is 0 Å². The number of hydrogen-bond acceptors (Lipinski definition) is 5. The lowest BCUT2D eigenvalue weighted by molar-refractivity contribution is 0.101. The number of rotatable bonds is 4. The average molecular weight is 492 g/mol. The largest absolute Gasteiger partial charge is 0.452 e. The average Bonchev–Trinajstić information content (AvgIpc) is 2.97. The number of carbonyl (C=O) groups excluding carboxylic acids is 1. The molecular weight excluding hydrogens is 480 g/mol. The van der Waals surface area contributed by atoms with Gasteiger partial charge >= 0.3 is 10.1 Å². The van der Waals surface area contributed by atoms with Crippen molar-refractivity contribution >= 4 is 49.5 Å². The summed E-state index contributed by atoms with van der Waals surface area (Å²) in [6, 6.07) is 17.3. The standard InChI is InChI=1S/C21H12BrClO5S/c22-14-4-7-17(8-5-14)29(25,26)28-16-6-9-18-19(12-16)27-20(21(18)24)11-13-2-1-3-15(23)10-13/h1-12H/b20-11-. The van der Waals surface area contributed by atoms with Crippen molar-refractivity contribution in [3.63, 3.8) is 0 Å². The van der Waals surface area contributed by atoms with Crippen molar-refractivity contribution in [2.75, 3.05) is 0 Å². The lowest BCUT2D eigenvalue weighted by Crippen LogP contribution is -2.09. The Hall–Kier alpha value is -2.61. The highest BCUT2D eigenvalue weighted by molar-refractivity contribution is 9.10. The molecule has 0 saturated carbocycles. The molecule has 1 aliphatic rings. The first kappa shape index (κ1) is 19.7. The van der Waals surface area contributed by atoms with Gasteiger partial charge in [0.05, 0.1) is 5.56 Å². The van der Waals surface area contributed by atoms with E-state index in [1.165, 1.54) is 30.3 Å². The third-order valence-electron chi connectivity index (χ3n) is 4.10. The summed E-state index contributed by atoms with van der Waals surface area (Å²) in [6.07, 6.45) is 1.58. The van der Waals surface area contributed by atoms with E-state index in [-0.39, 0.29) is 27.9 Å². The summed E-state index contributed by atoms with van der Waals surface area (Å²) in [4.78, 5) is 12.6. The molecule has 146 valence electrons. The first-order chi connectivity index (χ1) is 13.8. The number of carbonyl (C=O) groups is 1. The minimum Gasteiger partial charge on any atom is -0.452 e. The highest BCUT2D eigenvalue weighted by Gasteiger charge is 2.28. The highest BCUT2D eigenvalue weighted by atomic mass is 79.9. The molecule has 0 unspecified atom stereocenters. The van der Waals surface area contributed by atoms with Crippen molar-refractivity contribution in [3.05, 3.63) is 93.1 Å². The summed E-state index contributed by atoms with van der Waals surface area (Å²) in [7, 11) is -4.02. The van der Waals surface area contributed by atoms with E-state index in [1.54, 1.807) is 42.5 Å². The number of allylic oxidation sites excluding steroid dienone is 1. The molecule has 5 nitrogen and oxygen atoms in total. The molecule has 1 aliphatic heterocycles. The third kappa shape index (κ3) is 4.22. The van der Waals surface area contributed by atoms with E-state index < -0.39 is 10.1 Å². The normalized spacial score (nSPS) is 14.6. The third-order valence-corrected chi connectivity index (χ3v) is 6.12. The van der Waals surface area contributed by atoms with Crippen LogP contribution in [0, 0.1) is 0 Å². The smallest absolute Gasteiger partial charge is 0.339 e. The fraction of sp³-hybridized carbons (Fsp3) is 0. The van der Waals surface area contributed by atoms with Gasteiger partial charge in [-0.15, -0.1) is 0 Å². The topological polar surface area (TPSA) is 69.7 Å². The van der Waals surface area contributed by atoms with Crippen LogP contribution in [0.25, 0.3) is 6.08 Å². The second kappa shape index (κ2) is 7.67. The number of ketones is 1. The van der Waals surface area contributed by atoms with E-state index in [0.29, 0.717) is 16.1 Å². The molecule has 4 rings (SSSR count). The van der Waals surface area contributed by atoms with Crippen molar-refractivity contribution in [2.24, 2.45) is 0 Å². The first-order valence-corrected chi connectivity index (χ1v) is 10.9. The van der Waals surface area contributed by atoms with E-state index in [2.05, 4.69) is 15.9 Å². The maximum atomic E-state index is 12.5. The van der Waals surface area contributed by atoms with Gasteiger partial charge in [0, 0.05) is 15.6 Å². The van der Waals surface area contributed by atoms with Gasteiger partial charge in [0.15, 0.2) is 5.76 Å². The molecular formula is C21H12BrClO5S. The molecule has 0 saturated heterocycles. The minimum atomic E-state index is -4.02. The zero-order valence-corrected chi connectivity index (χ0v) is 17.8. The molecule has 0 amide bonds. The number of ether oxygens (including phenoxy) is 1. The molecule has 0 radical (unpaired) electrons. The monoisotopic (exact) mass is 490 g/mol. The van der Waals surface area contributed by atoms with Gasteiger partial charge in [-0.05, 0) is 60.2 Å². The number of benzene rings is 3. The Balaban J connectivity index is 1.60. The maximum absolute atomic E-state index is 12.5. The van der Waals surface area contributed by atoms with Crippen LogP contribution < -0.4 is 8.92 Å². The fourth-order valence-electron chi connectivity index (χ4n) is 2.74. The Morgan fingerprint density at radius 1 is 1.00 bits per heavy atom. The van der Waals surface area contributed by atoms with Crippen LogP contribution in [0.5, 0.6) is 11.5 Å². The molecule has 0 atom stereocenters. The van der Waals surface area contributed by atoms with Crippen LogP contribution >= 0.6 is 27.5 Å². The van der Waals surface area contributed by atoms with Crippen molar-refractivity contribution in [2.45, 2.75) is 4.90 Å². The number of hydrogen-bond donors (Lipinski definition) is 0. The van der Waals surface area contributed by atoms with Crippen LogP contribution in [0.3, 0.4) is 0 Å². The Kier molecular flexibility index (Phi) is 5.21. The zero-order valence-electron chi connectivity index (χ0n) is 14.6. The Labute approximate surface area is 180 Å². The van der Waals surface area contributed by atoms with Crippen LogP contribution in [0.15, 0.2) is 81.9 Å². The lowest BCUT2D eigenvalue weighted by atomic mass is 10.1. The Morgan fingerprint density at radius 3 is 2.48 bits per heavy atom. The molecule has 3 aromatic carbocycles. The van der Waals surface area contributed by atoms with Gasteiger partial charge in [-0.1, -0.05) is 39.7 Å². The lowest BCUT2D eigenvalue weighted by Gasteiger charge is -2.08.